The lowest BCUT2D eigenvalue weighted by Crippen LogP contribution is -2.40. The molecule has 0 aliphatic carbocycles. The first-order valence-corrected chi connectivity index (χ1v) is 3.16. The molecule has 1 saturated heterocycles. The molecule has 0 radical (unpaired) electrons. The molecule has 9 heavy (non-hydrogen) atoms. The zero-order valence-corrected chi connectivity index (χ0v) is 5.72. The molecule has 0 spiro atoms. The maximum Gasteiger partial charge on any atom is 0.105 e. The molecule has 0 saturated carbocycles. The largest absolute Gasteiger partial charge is 0.378 e. The Morgan fingerprint density at radius 2 is 2.56 bits per heavy atom. The van der Waals surface area contributed by atoms with Crippen LogP contribution in [0.3, 0.4) is 0 Å². The van der Waals surface area contributed by atoms with Crippen molar-refractivity contribution >= 4 is 0 Å². The van der Waals surface area contributed by atoms with Gasteiger partial charge in [-0.3, -0.25) is 0 Å². The molecule has 3 heteroatoms. The van der Waals surface area contributed by atoms with Crippen LogP contribution < -0.4 is 5.73 Å². The van der Waals surface area contributed by atoms with Gasteiger partial charge >= 0.3 is 0 Å². The highest BCUT2D eigenvalue weighted by molar-refractivity contribution is 4.85. The van der Waals surface area contributed by atoms with Crippen molar-refractivity contribution in [1.29, 1.82) is 0 Å². The zero-order chi connectivity index (χ0) is 6.74. The number of nitrogens with two attached hydrogens (primary N) is 1. The molecule has 0 aromatic heterocycles. The van der Waals surface area contributed by atoms with Crippen LogP contribution in [-0.4, -0.2) is 32.5 Å². The quantitative estimate of drug-likeness (QED) is 0.562. The van der Waals surface area contributed by atoms with Gasteiger partial charge in [0.05, 0.1) is 6.61 Å². The Kier molecular flexibility index (Phi) is 2.05. The fourth-order valence-corrected chi connectivity index (χ4v) is 0.994. The molecule has 0 aromatic rings. The second-order valence-electron chi connectivity index (χ2n) is 2.39. The lowest BCUT2D eigenvalue weighted by Gasteiger charge is -2.22. The Balaban J connectivity index is 2.45. The topological polar surface area (TPSA) is 44.5 Å². The van der Waals surface area contributed by atoms with Crippen molar-refractivity contribution in [2.45, 2.75) is 12.0 Å². The fraction of sp³-hybridized carbons (Fsp3) is 1.00. The summed E-state index contributed by atoms with van der Waals surface area (Å²) in [4.78, 5) is 0. The second-order valence-corrected chi connectivity index (χ2v) is 2.39. The summed E-state index contributed by atoms with van der Waals surface area (Å²) < 4.78 is 10.3. The summed E-state index contributed by atoms with van der Waals surface area (Å²) in [6, 6.07) is 0. The lowest BCUT2D eigenvalue weighted by molar-refractivity contribution is -0.00940. The van der Waals surface area contributed by atoms with Crippen molar-refractivity contribution in [2.75, 3.05) is 26.9 Å². The highest BCUT2D eigenvalue weighted by atomic mass is 16.5. The van der Waals surface area contributed by atoms with Gasteiger partial charge in [-0.2, -0.15) is 0 Å². The van der Waals surface area contributed by atoms with Gasteiger partial charge in [0.15, 0.2) is 0 Å². The number of methoxy groups -OCH3 is 1. The van der Waals surface area contributed by atoms with E-state index in [4.69, 9.17) is 15.2 Å². The van der Waals surface area contributed by atoms with Gasteiger partial charge < -0.3 is 15.2 Å². The summed E-state index contributed by atoms with van der Waals surface area (Å²) in [6.07, 6.45) is 0.931. The maximum absolute atomic E-state index is 5.47. The van der Waals surface area contributed by atoms with Gasteiger partial charge in [-0.15, -0.1) is 0 Å². The summed E-state index contributed by atoms with van der Waals surface area (Å²) in [5, 5.41) is 0. The molecule has 1 rings (SSSR count). The highest BCUT2D eigenvalue weighted by Crippen LogP contribution is 2.20. The summed E-state index contributed by atoms with van der Waals surface area (Å²) in [6.45, 7) is 1.99. The molecule has 0 unspecified atom stereocenters. The average Bonchev–Trinajstić information content (AvgIpc) is 2.36. The predicted octanol–water partition coefficient (Wildman–Crippen LogP) is -0.249. The van der Waals surface area contributed by atoms with Gasteiger partial charge in [-0.1, -0.05) is 0 Å². The summed E-state index contributed by atoms with van der Waals surface area (Å²) in [7, 11) is 1.68. The van der Waals surface area contributed by atoms with Gasteiger partial charge in [-0.05, 0) is 0 Å². The van der Waals surface area contributed by atoms with Gasteiger partial charge in [-0.25, -0.2) is 0 Å². The maximum atomic E-state index is 5.47. The Hall–Kier alpha value is -0.120. The van der Waals surface area contributed by atoms with E-state index in [1.807, 2.05) is 0 Å². The van der Waals surface area contributed by atoms with E-state index < -0.39 is 0 Å². The zero-order valence-electron chi connectivity index (χ0n) is 5.72. The molecule has 54 valence electrons. The third-order valence-electron chi connectivity index (χ3n) is 1.87. The highest BCUT2D eigenvalue weighted by Gasteiger charge is 2.32. The van der Waals surface area contributed by atoms with Gasteiger partial charge in [0, 0.05) is 26.7 Å². The minimum Gasteiger partial charge on any atom is -0.378 e. The van der Waals surface area contributed by atoms with Crippen LogP contribution in [0.25, 0.3) is 0 Å². The molecule has 1 aliphatic rings. The van der Waals surface area contributed by atoms with E-state index in [-0.39, 0.29) is 5.60 Å². The summed E-state index contributed by atoms with van der Waals surface area (Å²) >= 11 is 0. The van der Waals surface area contributed by atoms with Crippen LogP contribution in [0, 0.1) is 0 Å². The minimum absolute atomic E-state index is 0.167. The lowest BCUT2D eigenvalue weighted by atomic mass is 10.0. The smallest absolute Gasteiger partial charge is 0.105 e. The minimum atomic E-state index is -0.167. The molecule has 1 atom stereocenters. The Labute approximate surface area is 55.1 Å². The van der Waals surface area contributed by atoms with E-state index in [1.54, 1.807) is 7.11 Å². The molecule has 0 aromatic carbocycles. The molecular weight excluding hydrogens is 118 g/mol. The molecule has 0 amide bonds. The van der Waals surface area contributed by atoms with E-state index in [9.17, 15) is 0 Å². The third kappa shape index (κ3) is 1.23. The standard InChI is InChI=1S/C6H13NO2/c1-8-6(4-7)2-3-9-5-6/h2-5,7H2,1H3/t6-/m1/s1. The van der Waals surface area contributed by atoms with E-state index >= 15 is 0 Å². The van der Waals surface area contributed by atoms with Gasteiger partial charge in [0.2, 0.25) is 0 Å². The predicted molar refractivity (Wildman–Crippen MR) is 34.2 cm³/mol. The van der Waals surface area contributed by atoms with Crippen molar-refractivity contribution < 1.29 is 9.47 Å². The van der Waals surface area contributed by atoms with Crippen LogP contribution in [0.15, 0.2) is 0 Å². The average molecular weight is 131 g/mol. The first-order chi connectivity index (χ1) is 4.33. The van der Waals surface area contributed by atoms with Crippen LogP contribution in [0.2, 0.25) is 0 Å². The van der Waals surface area contributed by atoms with Crippen LogP contribution in [0.5, 0.6) is 0 Å². The van der Waals surface area contributed by atoms with Crippen molar-refractivity contribution in [3.05, 3.63) is 0 Å². The Bertz CT molecular complexity index is 83.1. The Morgan fingerprint density at radius 1 is 1.78 bits per heavy atom. The normalized spacial score (nSPS) is 35.3. The number of hydrogen-bond donors (Lipinski definition) is 1. The third-order valence-corrected chi connectivity index (χ3v) is 1.87. The number of ether oxygens (including phenoxy) is 2. The van der Waals surface area contributed by atoms with Crippen molar-refractivity contribution in [3.8, 4) is 0 Å². The van der Waals surface area contributed by atoms with Crippen LogP contribution >= 0.6 is 0 Å². The fourth-order valence-electron chi connectivity index (χ4n) is 0.994. The SMILES string of the molecule is CO[C@@]1(CN)CCOC1. The molecule has 1 heterocycles. The van der Waals surface area contributed by atoms with E-state index in [0.717, 1.165) is 13.0 Å². The van der Waals surface area contributed by atoms with E-state index in [1.165, 1.54) is 0 Å². The first-order valence-electron chi connectivity index (χ1n) is 3.16. The van der Waals surface area contributed by atoms with Gasteiger partial charge in [0.25, 0.3) is 0 Å². The van der Waals surface area contributed by atoms with E-state index in [2.05, 4.69) is 0 Å². The van der Waals surface area contributed by atoms with Crippen LogP contribution in [-0.2, 0) is 9.47 Å². The molecule has 2 N–H and O–H groups in total. The molecule has 0 bridgehead atoms. The molecular formula is C6H13NO2. The van der Waals surface area contributed by atoms with E-state index in [0.29, 0.717) is 13.2 Å². The monoisotopic (exact) mass is 131 g/mol. The second kappa shape index (κ2) is 2.64. The molecule has 1 fully saturated rings. The van der Waals surface area contributed by atoms with Crippen molar-refractivity contribution in [1.82, 2.24) is 0 Å². The molecule has 3 nitrogen and oxygen atoms in total. The van der Waals surface area contributed by atoms with Crippen LogP contribution in [0.1, 0.15) is 6.42 Å². The number of rotatable bonds is 2. The first kappa shape index (κ1) is 6.99. The summed E-state index contributed by atoms with van der Waals surface area (Å²) in [5.41, 5.74) is 5.31. The van der Waals surface area contributed by atoms with Crippen LogP contribution in [0.4, 0.5) is 0 Å². The van der Waals surface area contributed by atoms with Crippen molar-refractivity contribution in [2.24, 2.45) is 5.73 Å². The summed E-state index contributed by atoms with van der Waals surface area (Å²) in [5.74, 6) is 0. The number of hydrogen-bond acceptors (Lipinski definition) is 3. The van der Waals surface area contributed by atoms with Gasteiger partial charge in [0.1, 0.15) is 5.60 Å². The van der Waals surface area contributed by atoms with Crippen molar-refractivity contribution in [3.63, 3.8) is 0 Å². The Morgan fingerprint density at radius 3 is 2.78 bits per heavy atom. The molecule has 1 aliphatic heterocycles.